The number of thioether (sulfide) groups is 1. The van der Waals surface area contributed by atoms with E-state index in [0.717, 1.165) is 17.0 Å². The second kappa shape index (κ2) is 11.5. The number of hydrogen-bond acceptors (Lipinski definition) is 8. The molecule has 1 aromatic heterocycles. The van der Waals surface area contributed by atoms with Crippen molar-refractivity contribution in [2.24, 2.45) is 5.10 Å². The Labute approximate surface area is 215 Å². The van der Waals surface area contributed by atoms with Crippen molar-refractivity contribution in [1.82, 2.24) is 20.2 Å². The molecule has 182 valence electrons. The van der Waals surface area contributed by atoms with Gasteiger partial charge in [0.15, 0.2) is 11.0 Å². The van der Waals surface area contributed by atoms with E-state index in [4.69, 9.17) is 16.3 Å². The zero-order chi connectivity index (χ0) is 25.5. The highest BCUT2D eigenvalue weighted by atomic mass is 35.5. The largest absolute Gasteiger partial charge is 0.497 e. The fourth-order valence-electron chi connectivity index (χ4n) is 3.18. The molecule has 10 nitrogen and oxygen atoms in total. The highest BCUT2D eigenvalue weighted by Gasteiger charge is 2.17. The molecule has 1 N–H and O–H groups in total. The quantitative estimate of drug-likeness (QED) is 0.145. The molecule has 0 aliphatic carbocycles. The van der Waals surface area contributed by atoms with Gasteiger partial charge in [-0.1, -0.05) is 41.6 Å². The number of methoxy groups -OCH3 is 1. The van der Waals surface area contributed by atoms with Crippen LogP contribution in [0.25, 0.3) is 17.1 Å². The Morgan fingerprint density at radius 3 is 2.61 bits per heavy atom. The monoisotopic (exact) mass is 522 g/mol. The number of nitro groups is 1. The van der Waals surface area contributed by atoms with E-state index in [-0.39, 0.29) is 16.5 Å². The topological polar surface area (TPSA) is 125 Å². The first kappa shape index (κ1) is 24.9. The number of nitrogens with one attached hydrogen (secondary N) is 1. The molecule has 3 aromatic carbocycles. The standard InChI is InChI=1S/C24H19ClN6O4S/c1-35-20-10-7-16(8-11-20)23-28-29-24(30(23)18-5-3-2-4-6-18)36-15-22(32)27-26-14-17-13-19(31(33)34)9-12-21(17)25/h2-14H,15H2,1H3,(H,27,32)/b26-14+. The Morgan fingerprint density at radius 2 is 1.92 bits per heavy atom. The number of non-ortho nitro benzene ring substituents is 1. The number of hydrogen-bond donors (Lipinski definition) is 1. The molecule has 0 aliphatic rings. The molecule has 1 heterocycles. The summed E-state index contributed by atoms with van der Waals surface area (Å²) >= 11 is 7.24. The first-order valence-corrected chi connectivity index (χ1v) is 11.9. The van der Waals surface area contributed by atoms with Crippen molar-refractivity contribution in [3.63, 3.8) is 0 Å². The maximum Gasteiger partial charge on any atom is 0.270 e. The van der Waals surface area contributed by atoms with E-state index < -0.39 is 10.8 Å². The van der Waals surface area contributed by atoms with Crippen LogP contribution in [0.1, 0.15) is 5.56 Å². The molecule has 1 amide bonds. The van der Waals surface area contributed by atoms with Gasteiger partial charge in [0, 0.05) is 34.0 Å². The molecule has 0 saturated carbocycles. The SMILES string of the molecule is COc1ccc(-c2nnc(SCC(=O)N/N=C/c3cc([N+](=O)[O-])ccc3Cl)n2-c2ccccc2)cc1. The summed E-state index contributed by atoms with van der Waals surface area (Å²) in [5, 5.41) is 24.2. The molecule has 0 aliphatic heterocycles. The first-order chi connectivity index (χ1) is 17.5. The summed E-state index contributed by atoms with van der Waals surface area (Å²) in [5.74, 6) is 0.951. The van der Waals surface area contributed by atoms with Crippen LogP contribution in [-0.4, -0.2) is 44.7 Å². The molecule has 36 heavy (non-hydrogen) atoms. The van der Waals surface area contributed by atoms with Crippen LogP contribution in [0.3, 0.4) is 0 Å². The van der Waals surface area contributed by atoms with Gasteiger partial charge in [-0.3, -0.25) is 19.5 Å². The number of amides is 1. The third-order valence-corrected chi connectivity index (χ3v) is 6.18. The maximum absolute atomic E-state index is 12.4. The van der Waals surface area contributed by atoms with Crippen LogP contribution in [0.5, 0.6) is 5.75 Å². The molecular formula is C24H19ClN6O4S. The number of para-hydroxylation sites is 1. The average Bonchev–Trinajstić information content (AvgIpc) is 3.33. The lowest BCUT2D eigenvalue weighted by Crippen LogP contribution is -2.20. The average molecular weight is 523 g/mol. The molecule has 0 unspecified atom stereocenters. The van der Waals surface area contributed by atoms with Gasteiger partial charge >= 0.3 is 0 Å². The number of hydrazone groups is 1. The van der Waals surface area contributed by atoms with Gasteiger partial charge in [0.2, 0.25) is 0 Å². The van der Waals surface area contributed by atoms with Gasteiger partial charge in [0.25, 0.3) is 11.6 Å². The van der Waals surface area contributed by atoms with Gasteiger partial charge in [0.1, 0.15) is 5.75 Å². The molecule has 12 heteroatoms. The molecule has 0 atom stereocenters. The minimum absolute atomic E-state index is 0.00753. The van der Waals surface area contributed by atoms with Gasteiger partial charge in [0.05, 0.1) is 24.0 Å². The molecule has 4 aromatic rings. The smallest absolute Gasteiger partial charge is 0.270 e. The van der Waals surface area contributed by atoms with Crippen molar-refractivity contribution < 1.29 is 14.5 Å². The van der Waals surface area contributed by atoms with Crippen LogP contribution in [0.4, 0.5) is 5.69 Å². The van der Waals surface area contributed by atoms with Crippen molar-refractivity contribution in [3.8, 4) is 22.8 Å². The van der Waals surface area contributed by atoms with Crippen LogP contribution in [0.2, 0.25) is 5.02 Å². The summed E-state index contributed by atoms with van der Waals surface area (Å²) in [6.07, 6.45) is 1.26. The van der Waals surface area contributed by atoms with E-state index in [1.807, 2.05) is 59.2 Å². The minimum Gasteiger partial charge on any atom is -0.497 e. The molecular weight excluding hydrogens is 504 g/mol. The number of ether oxygens (including phenoxy) is 1. The van der Waals surface area contributed by atoms with Crippen LogP contribution in [-0.2, 0) is 4.79 Å². The van der Waals surface area contributed by atoms with Gasteiger partial charge < -0.3 is 4.74 Å². The van der Waals surface area contributed by atoms with Crippen molar-refractivity contribution in [2.75, 3.05) is 12.9 Å². The fourth-order valence-corrected chi connectivity index (χ4v) is 4.09. The van der Waals surface area contributed by atoms with Crippen LogP contribution >= 0.6 is 23.4 Å². The number of halogens is 1. The number of carbonyl (C=O) groups is 1. The Morgan fingerprint density at radius 1 is 1.17 bits per heavy atom. The number of rotatable bonds is 9. The second-order valence-electron chi connectivity index (χ2n) is 7.25. The number of aromatic nitrogens is 3. The van der Waals surface area contributed by atoms with E-state index in [1.165, 1.54) is 36.2 Å². The molecule has 0 fully saturated rings. The summed E-state index contributed by atoms with van der Waals surface area (Å²) in [6, 6.07) is 21.0. The normalized spacial score (nSPS) is 10.9. The van der Waals surface area contributed by atoms with Crippen molar-refractivity contribution in [3.05, 3.63) is 93.5 Å². The van der Waals surface area contributed by atoms with E-state index in [2.05, 4.69) is 20.7 Å². The number of carbonyl (C=O) groups excluding carboxylic acids is 1. The molecule has 0 saturated heterocycles. The second-order valence-corrected chi connectivity index (χ2v) is 8.60. The van der Waals surface area contributed by atoms with Crippen LogP contribution < -0.4 is 10.2 Å². The fraction of sp³-hybridized carbons (Fsp3) is 0.0833. The third kappa shape index (κ3) is 5.88. The lowest BCUT2D eigenvalue weighted by atomic mass is 10.2. The predicted octanol–water partition coefficient (Wildman–Crippen LogP) is 4.75. The van der Waals surface area contributed by atoms with Gasteiger partial charge in [-0.2, -0.15) is 5.10 Å². The predicted molar refractivity (Wildman–Crippen MR) is 138 cm³/mol. The number of nitro benzene ring substituents is 1. The number of benzene rings is 3. The molecule has 0 bridgehead atoms. The summed E-state index contributed by atoms with van der Waals surface area (Å²) in [5.41, 5.74) is 4.26. The Balaban J connectivity index is 1.49. The number of nitrogens with zero attached hydrogens (tertiary/aromatic N) is 5. The van der Waals surface area contributed by atoms with E-state index in [0.29, 0.717) is 16.5 Å². The molecule has 0 radical (unpaired) electrons. The summed E-state index contributed by atoms with van der Waals surface area (Å²) in [6.45, 7) is 0. The lowest BCUT2D eigenvalue weighted by Gasteiger charge is -2.10. The zero-order valence-corrected chi connectivity index (χ0v) is 20.4. The maximum atomic E-state index is 12.4. The summed E-state index contributed by atoms with van der Waals surface area (Å²) in [7, 11) is 1.60. The highest BCUT2D eigenvalue weighted by molar-refractivity contribution is 7.99. The molecule has 0 spiro atoms. The van der Waals surface area contributed by atoms with Crippen molar-refractivity contribution >= 4 is 41.2 Å². The molecule has 4 rings (SSSR count). The zero-order valence-electron chi connectivity index (χ0n) is 18.9. The Bertz CT molecular complexity index is 1410. The van der Waals surface area contributed by atoms with Crippen molar-refractivity contribution in [1.29, 1.82) is 0 Å². The van der Waals surface area contributed by atoms with Crippen molar-refractivity contribution in [2.45, 2.75) is 5.16 Å². The summed E-state index contributed by atoms with van der Waals surface area (Å²) < 4.78 is 7.10. The van der Waals surface area contributed by atoms with Crippen LogP contribution in [0.15, 0.2) is 83.1 Å². The third-order valence-electron chi connectivity index (χ3n) is 4.91. The summed E-state index contributed by atoms with van der Waals surface area (Å²) in [4.78, 5) is 22.8. The minimum atomic E-state index is -0.536. The van der Waals surface area contributed by atoms with Gasteiger partial charge in [-0.05, 0) is 42.5 Å². The van der Waals surface area contributed by atoms with Crippen LogP contribution in [0, 0.1) is 10.1 Å². The Kier molecular flexibility index (Phi) is 7.93. The van der Waals surface area contributed by atoms with E-state index in [9.17, 15) is 14.9 Å². The first-order valence-electron chi connectivity index (χ1n) is 10.5. The van der Waals surface area contributed by atoms with Gasteiger partial charge in [-0.15, -0.1) is 10.2 Å². The lowest BCUT2D eigenvalue weighted by molar-refractivity contribution is -0.384. The van der Waals surface area contributed by atoms with E-state index >= 15 is 0 Å². The van der Waals surface area contributed by atoms with E-state index in [1.54, 1.807) is 7.11 Å². The van der Waals surface area contributed by atoms with Gasteiger partial charge in [-0.25, -0.2) is 5.43 Å². The highest BCUT2D eigenvalue weighted by Crippen LogP contribution is 2.29. The Hall–Kier alpha value is -4.22.